The van der Waals surface area contributed by atoms with Gasteiger partial charge in [0.15, 0.2) is 0 Å². The minimum absolute atomic E-state index is 0.116. The van der Waals surface area contributed by atoms with Crippen LogP contribution in [-0.4, -0.2) is 35.5 Å². The van der Waals surface area contributed by atoms with Crippen molar-refractivity contribution >= 4 is 9.05 Å². The Bertz CT molecular complexity index is 233. The van der Waals surface area contributed by atoms with Gasteiger partial charge in [0.25, 0.3) is 0 Å². The maximum atomic E-state index is 6.00. The van der Waals surface area contributed by atoms with Gasteiger partial charge in [-0.2, -0.15) is 0 Å². The van der Waals surface area contributed by atoms with Crippen molar-refractivity contribution < 1.29 is 17.7 Å². The van der Waals surface area contributed by atoms with Crippen molar-refractivity contribution in [3.8, 4) is 0 Å². The van der Waals surface area contributed by atoms with Gasteiger partial charge < -0.3 is 17.7 Å². The summed E-state index contributed by atoms with van der Waals surface area (Å²) >= 11 is 0. The molecule has 0 saturated heterocycles. The second-order valence-corrected chi connectivity index (χ2v) is 7.98. The molecule has 0 fully saturated rings. The molecule has 4 nitrogen and oxygen atoms in total. The lowest BCUT2D eigenvalue weighted by Crippen LogP contribution is -2.50. The Morgan fingerprint density at radius 3 is 1.73 bits per heavy atom. The number of rotatable bonds is 16. The van der Waals surface area contributed by atoms with Gasteiger partial charge in [-0.15, -0.1) is 0 Å². The molecule has 0 N–H and O–H groups in total. The zero-order valence-corrected chi connectivity index (χ0v) is 16.5. The van der Waals surface area contributed by atoms with Crippen LogP contribution in [0.1, 0.15) is 85.5 Å². The Kier molecular flexibility index (Phi) is 14.7. The van der Waals surface area contributed by atoms with Gasteiger partial charge in [0.2, 0.25) is 0 Å². The quantitative estimate of drug-likeness (QED) is 0.291. The molecule has 0 amide bonds. The standard InChI is InChI=1S/C17H38O4Si/c1-6-9-10-11-12-13-14-15-16-17(4)21-22(18-5,19-7-2)20-8-3/h17H,6-16H2,1-5H3. The Morgan fingerprint density at radius 2 is 1.27 bits per heavy atom. The minimum Gasteiger partial charge on any atom is -0.355 e. The van der Waals surface area contributed by atoms with E-state index in [2.05, 4.69) is 13.8 Å². The van der Waals surface area contributed by atoms with Gasteiger partial charge in [-0.05, 0) is 27.2 Å². The average molecular weight is 335 g/mol. The van der Waals surface area contributed by atoms with Crippen molar-refractivity contribution in [2.45, 2.75) is 91.6 Å². The second kappa shape index (κ2) is 14.6. The summed E-state index contributed by atoms with van der Waals surface area (Å²) in [4.78, 5) is 0. The van der Waals surface area contributed by atoms with E-state index in [0.717, 1.165) is 6.42 Å². The molecule has 0 aromatic carbocycles. The first kappa shape index (κ1) is 22.1. The smallest absolute Gasteiger partial charge is 0.355 e. The predicted molar refractivity (Wildman–Crippen MR) is 93.8 cm³/mol. The molecule has 0 aliphatic rings. The van der Waals surface area contributed by atoms with Crippen LogP contribution in [-0.2, 0) is 17.7 Å². The van der Waals surface area contributed by atoms with Crippen LogP contribution in [0.5, 0.6) is 0 Å². The molecule has 0 rings (SSSR count). The van der Waals surface area contributed by atoms with E-state index in [1.54, 1.807) is 7.11 Å². The fraction of sp³-hybridized carbons (Fsp3) is 1.00. The van der Waals surface area contributed by atoms with E-state index in [1.807, 2.05) is 13.8 Å². The summed E-state index contributed by atoms with van der Waals surface area (Å²) in [6, 6.07) is 0. The number of unbranched alkanes of at least 4 members (excludes halogenated alkanes) is 7. The Hall–Kier alpha value is 0.0569. The fourth-order valence-corrected chi connectivity index (χ4v) is 4.37. The van der Waals surface area contributed by atoms with Gasteiger partial charge in [-0.3, -0.25) is 0 Å². The third-order valence-electron chi connectivity index (χ3n) is 3.70. The highest BCUT2D eigenvalue weighted by molar-refractivity contribution is 6.53. The first-order valence-electron chi connectivity index (χ1n) is 9.14. The maximum Gasteiger partial charge on any atom is 0.679 e. The Morgan fingerprint density at radius 1 is 0.773 bits per heavy atom. The van der Waals surface area contributed by atoms with E-state index in [9.17, 15) is 0 Å². The predicted octanol–water partition coefficient (Wildman–Crippen LogP) is 5.08. The SMILES string of the molecule is CCCCCCCCCCC(C)O[Si](OC)(OCC)OCC. The number of hydrogen-bond acceptors (Lipinski definition) is 4. The Balaban J connectivity index is 3.83. The molecule has 0 heterocycles. The van der Waals surface area contributed by atoms with Crippen molar-refractivity contribution in [3.63, 3.8) is 0 Å². The topological polar surface area (TPSA) is 36.9 Å². The summed E-state index contributed by atoms with van der Waals surface area (Å²) in [5.41, 5.74) is 0. The third-order valence-corrected chi connectivity index (χ3v) is 6.18. The molecule has 0 aromatic heterocycles. The first-order chi connectivity index (χ1) is 10.6. The maximum absolute atomic E-state index is 6.00. The van der Waals surface area contributed by atoms with Crippen LogP contribution in [0.25, 0.3) is 0 Å². The third kappa shape index (κ3) is 10.7. The van der Waals surface area contributed by atoms with Gasteiger partial charge in [-0.1, -0.05) is 58.3 Å². The molecule has 134 valence electrons. The molecule has 0 bridgehead atoms. The summed E-state index contributed by atoms with van der Waals surface area (Å²) in [6.07, 6.45) is 11.8. The van der Waals surface area contributed by atoms with Gasteiger partial charge in [0.05, 0.1) is 0 Å². The Labute approximate surface area is 139 Å². The molecular formula is C17H38O4Si. The van der Waals surface area contributed by atoms with E-state index in [-0.39, 0.29) is 6.10 Å². The molecule has 0 aliphatic carbocycles. The van der Waals surface area contributed by atoms with Crippen molar-refractivity contribution in [1.29, 1.82) is 0 Å². The van der Waals surface area contributed by atoms with Crippen LogP contribution in [0.15, 0.2) is 0 Å². The first-order valence-corrected chi connectivity index (χ1v) is 10.8. The summed E-state index contributed by atoms with van der Waals surface area (Å²) < 4.78 is 22.7. The van der Waals surface area contributed by atoms with Gasteiger partial charge >= 0.3 is 9.05 Å². The lowest BCUT2D eigenvalue weighted by molar-refractivity contribution is -0.0391. The normalized spacial score (nSPS) is 13.5. The summed E-state index contributed by atoms with van der Waals surface area (Å²) in [5, 5.41) is 0. The zero-order valence-electron chi connectivity index (χ0n) is 15.5. The molecule has 1 unspecified atom stereocenters. The molecule has 0 radical (unpaired) electrons. The summed E-state index contributed by atoms with van der Waals surface area (Å²) in [7, 11) is -1.31. The summed E-state index contributed by atoms with van der Waals surface area (Å²) in [6.45, 7) is 9.31. The highest BCUT2D eigenvalue weighted by Crippen LogP contribution is 2.17. The van der Waals surface area contributed by atoms with Crippen LogP contribution in [0.2, 0.25) is 0 Å². The molecule has 1 atom stereocenters. The van der Waals surface area contributed by atoms with Crippen LogP contribution >= 0.6 is 0 Å². The van der Waals surface area contributed by atoms with E-state index in [4.69, 9.17) is 17.7 Å². The molecule has 0 aliphatic heterocycles. The number of hydrogen-bond donors (Lipinski definition) is 0. The highest BCUT2D eigenvalue weighted by atomic mass is 28.4. The van der Waals surface area contributed by atoms with Crippen molar-refractivity contribution in [1.82, 2.24) is 0 Å². The minimum atomic E-state index is -2.92. The van der Waals surface area contributed by atoms with Crippen molar-refractivity contribution in [3.05, 3.63) is 0 Å². The van der Waals surface area contributed by atoms with E-state index in [0.29, 0.717) is 13.2 Å². The van der Waals surface area contributed by atoms with Gasteiger partial charge in [-0.25, -0.2) is 0 Å². The molecule has 0 saturated carbocycles. The lowest BCUT2D eigenvalue weighted by Gasteiger charge is -2.28. The monoisotopic (exact) mass is 334 g/mol. The largest absolute Gasteiger partial charge is 0.679 e. The van der Waals surface area contributed by atoms with Crippen molar-refractivity contribution in [2.24, 2.45) is 0 Å². The van der Waals surface area contributed by atoms with Crippen LogP contribution < -0.4 is 0 Å². The van der Waals surface area contributed by atoms with Crippen LogP contribution in [0.3, 0.4) is 0 Å². The van der Waals surface area contributed by atoms with Crippen LogP contribution in [0.4, 0.5) is 0 Å². The van der Waals surface area contributed by atoms with Gasteiger partial charge in [0, 0.05) is 26.4 Å². The molecule has 5 heteroatoms. The molecule has 0 aromatic rings. The molecular weight excluding hydrogens is 296 g/mol. The summed E-state index contributed by atoms with van der Waals surface area (Å²) in [5.74, 6) is 0. The fourth-order valence-electron chi connectivity index (χ4n) is 2.50. The van der Waals surface area contributed by atoms with E-state index >= 15 is 0 Å². The zero-order chi connectivity index (χ0) is 16.7. The van der Waals surface area contributed by atoms with Crippen molar-refractivity contribution in [2.75, 3.05) is 20.3 Å². The highest BCUT2D eigenvalue weighted by Gasteiger charge is 2.45. The molecule has 22 heavy (non-hydrogen) atoms. The molecule has 0 spiro atoms. The van der Waals surface area contributed by atoms with Gasteiger partial charge in [0.1, 0.15) is 0 Å². The lowest BCUT2D eigenvalue weighted by atomic mass is 10.1. The van der Waals surface area contributed by atoms with Crippen LogP contribution in [0, 0.1) is 0 Å². The average Bonchev–Trinajstić information content (AvgIpc) is 2.50. The second-order valence-electron chi connectivity index (χ2n) is 5.76. The van der Waals surface area contributed by atoms with E-state index in [1.165, 1.54) is 51.4 Å². The van der Waals surface area contributed by atoms with E-state index < -0.39 is 9.05 Å².